The lowest BCUT2D eigenvalue weighted by atomic mass is 9.77. The van der Waals surface area contributed by atoms with E-state index in [0.717, 1.165) is 25.7 Å². The van der Waals surface area contributed by atoms with Gasteiger partial charge in [0.25, 0.3) is 0 Å². The van der Waals surface area contributed by atoms with Crippen LogP contribution in [0.25, 0.3) is 0 Å². The zero-order valence-electron chi connectivity index (χ0n) is 10.6. The number of urea groups is 1. The molecule has 0 aromatic heterocycles. The molecule has 2 unspecified atom stereocenters. The minimum Gasteiger partial charge on any atom is -0.480 e. The Balaban J connectivity index is 1.80. The first-order valence-corrected chi connectivity index (χ1v) is 6.40. The summed E-state index contributed by atoms with van der Waals surface area (Å²) >= 11 is 0. The van der Waals surface area contributed by atoms with E-state index in [2.05, 4.69) is 10.6 Å². The quantitative estimate of drug-likeness (QED) is 0.696. The van der Waals surface area contributed by atoms with E-state index in [4.69, 9.17) is 9.84 Å². The van der Waals surface area contributed by atoms with E-state index < -0.39 is 11.5 Å². The second kappa shape index (κ2) is 5.14. The van der Waals surface area contributed by atoms with Gasteiger partial charge in [-0.25, -0.2) is 9.59 Å². The van der Waals surface area contributed by atoms with Gasteiger partial charge < -0.3 is 20.5 Å². The van der Waals surface area contributed by atoms with Crippen LogP contribution in [-0.2, 0) is 9.53 Å². The maximum Gasteiger partial charge on any atom is 0.329 e. The van der Waals surface area contributed by atoms with E-state index >= 15 is 0 Å². The molecule has 2 saturated carbocycles. The summed E-state index contributed by atoms with van der Waals surface area (Å²) in [6.07, 6.45) is 4.69. The SMILES string of the molecule is COC1CCC(NC(=O)NC2(C(=O)O)CCC2)C1. The number of nitrogens with one attached hydrogen (secondary N) is 2. The van der Waals surface area contributed by atoms with Crippen LogP contribution in [0.5, 0.6) is 0 Å². The third-order valence-electron chi connectivity index (χ3n) is 4.02. The molecule has 0 bridgehead atoms. The number of methoxy groups -OCH3 is 1. The Kier molecular flexibility index (Phi) is 3.75. The Bertz CT molecular complexity index is 341. The molecular weight excluding hydrogens is 236 g/mol. The van der Waals surface area contributed by atoms with Crippen molar-refractivity contribution in [1.82, 2.24) is 10.6 Å². The van der Waals surface area contributed by atoms with Crippen molar-refractivity contribution in [3.8, 4) is 0 Å². The third-order valence-corrected chi connectivity index (χ3v) is 4.02. The van der Waals surface area contributed by atoms with Crippen LogP contribution in [0, 0.1) is 0 Å². The van der Waals surface area contributed by atoms with E-state index in [9.17, 15) is 9.59 Å². The molecular formula is C12H20N2O4. The molecule has 0 aromatic carbocycles. The average Bonchev–Trinajstić information content (AvgIpc) is 2.70. The van der Waals surface area contributed by atoms with Gasteiger partial charge in [0.05, 0.1) is 6.10 Å². The second-order valence-corrected chi connectivity index (χ2v) is 5.21. The molecule has 0 spiro atoms. The van der Waals surface area contributed by atoms with Crippen LogP contribution in [0.3, 0.4) is 0 Å². The number of carbonyl (C=O) groups excluding carboxylic acids is 1. The van der Waals surface area contributed by atoms with Gasteiger partial charge in [-0.1, -0.05) is 0 Å². The molecule has 3 N–H and O–H groups in total. The number of hydrogen-bond donors (Lipinski definition) is 3. The van der Waals surface area contributed by atoms with E-state index in [1.165, 1.54) is 0 Å². The first kappa shape index (κ1) is 13.1. The lowest BCUT2D eigenvalue weighted by molar-refractivity contribution is -0.148. The van der Waals surface area contributed by atoms with E-state index in [-0.39, 0.29) is 18.2 Å². The zero-order valence-corrected chi connectivity index (χ0v) is 10.6. The van der Waals surface area contributed by atoms with Crippen molar-refractivity contribution < 1.29 is 19.4 Å². The van der Waals surface area contributed by atoms with Crippen LogP contribution >= 0.6 is 0 Å². The fraction of sp³-hybridized carbons (Fsp3) is 0.833. The molecule has 102 valence electrons. The highest BCUT2D eigenvalue weighted by atomic mass is 16.5. The maximum absolute atomic E-state index is 11.8. The maximum atomic E-state index is 11.8. The topological polar surface area (TPSA) is 87.7 Å². The summed E-state index contributed by atoms with van der Waals surface area (Å²) in [6.45, 7) is 0. The molecule has 2 atom stereocenters. The van der Waals surface area contributed by atoms with Crippen LogP contribution in [-0.4, -0.2) is 41.9 Å². The highest BCUT2D eigenvalue weighted by molar-refractivity contribution is 5.87. The lowest BCUT2D eigenvalue weighted by Gasteiger charge is -2.38. The van der Waals surface area contributed by atoms with Crippen LogP contribution in [0.15, 0.2) is 0 Å². The van der Waals surface area contributed by atoms with Gasteiger partial charge in [-0.15, -0.1) is 0 Å². The fourth-order valence-corrected chi connectivity index (χ4v) is 2.65. The lowest BCUT2D eigenvalue weighted by Crippen LogP contribution is -2.61. The van der Waals surface area contributed by atoms with Crippen molar-refractivity contribution in [1.29, 1.82) is 0 Å². The van der Waals surface area contributed by atoms with Crippen molar-refractivity contribution in [3.63, 3.8) is 0 Å². The number of amides is 2. The average molecular weight is 256 g/mol. The fourth-order valence-electron chi connectivity index (χ4n) is 2.65. The zero-order chi connectivity index (χ0) is 13.2. The Morgan fingerprint density at radius 1 is 1.33 bits per heavy atom. The summed E-state index contributed by atoms with van der Waals surface area (Å²) < 4.78 is 5.23. The number of rotatable bonds is 4. The molecule has 0 heterocycles. The Labute approximate surface area is 106 Å². The van der Waals surface area contributed by atoms with Gasteiger partial charge >= 0.3 is 12.0 Å². The van der Waals surface area contributed by atoms with E-state index in [1.54, 1.807) is 7.11 Å². The minimum absolute atomic E-state index is 0.0841. The van der Waals surface area contributed by atoms with Crippen LogP contribution in [0.2, 0.25) is 0 Å². The van der Waals surface area contributed by atoms with Gasteiger partial charge in [0.2, 0.25) is 0 Å². The summed E-state index contributed by atoms with van der Waals surface area (Å²) in [5.74, 6) is -0.940. The molecule has 6 heteroatoms. The molecule has 2 amide bonds. The molecule has 2 fully saturated rings. The molecule has 0 radical (unpaired) electrons. The summed E-state index contributed by atoms with van der Waals surface area (Å²) in [5, 5.41) is 14.5. The van der Waals surface area contributed by atoms with Gasteiger partial charge in [-0.3, -0.25) is 0 Å². The Hall–Kier alpha value is -1.30. The van der Waals surface area contributed by atoms with Crippen molar-refractivity contribution in [2.24, 2.45) is 0 Å². The predicted molar refractivity (Wildman–Crippen MR) is 64.3 cm³/mol. The highest BCUT2D eigenvalue weighted by Gasteiger charge is 2.46. The minimum atomic E-state index is -1.04. The summed E-state index contributed by atoms with van der Waals surface area (Å²) in [6, 6.07) is -0.292. The monoisotopic (exact) mass is 256 g/mol. The molecule has 0 aliphatic heterocycles. The second-order valence-electron chi connectivity index (χ2n) is 5.21. The molecule has 0 aromatic rings. The third kappa shape index (κ3) is 2.58. The van der Waals surface area contributed by atoms with Gasteiger partial charge in [-0.2, -0.15) is 0 Å². The predicted octanol–water partition coefficient (Wildman–Crippen LogP) is 0.860. The van der Waals surface area contributed by atoms with E-state index in [0.29, 0.717) is 12.8 Å². The van der Waals surface area contributed by atoms with Crippen molar-refractivity contribution in [2.75, 3.05) is 7.11 Å². The normalized spacial score (nSPS) is 29.4. The van der Waals surface area contributed by atoms with Crippen molar-refractivity contribution >= 4 is 12.0 Å². The molecule has 18 heavy (non-hydrogen) atoms. The molecule has 2 rings (SSSR count). The number of carboxylic acid groups (broad SMARTS) is 1. The van der Waals surface area contributed by atoms with Gasteiger partial charge in [0, 0.05) is 13.2 Å². The largest absolute Gasteiger partial charge is 0.480 e. The van der Waals surface area contributed by atoms with Crippen LogP contribution in [0.4, 0.5) is 4.79 Å². The van der Waals surface area contributed by atoms with Gasteiger partial charge in [0.1, 0.15) is 5.54 Å². The first-order valence-electron chi connectivity index (χ1n) is 6.40. The Morgan fingerprint density at radius 2 is 2.06 bits per heavy atom. The van der Waals surface area contributed by atoms with E-state index in [1.807, 2.05) is 0 Å². The summed E-state index contributed by atoms with van der Waals surface area (Å²) in [5.41, 5.74) is -1.04. The summed E-state index contributed by atoms with van der Waals surface area (Å²) in [4.78, 5) is 22.9. The molecule has 2 aliphatic carbocycles. The summed E-state index contributed by atoms with van der Waals surface area (Å²) in [7, 11) is 1.67. The standard InChI is InChI=1S/C12H20N2O4/c1-18-9-4-3-8(7-9)13-11(17)14-12(10(15)16)5-2-6-12/h8-9H,2-7H2,1H3,(H,15,16)(H2,13,14,17). The van der Waals surface area contributed by atoms with Crippen molar-refractivity contribution in [3.05, 3.63) is 0 Å². The van der Waals surface area contributed by atoms with Crippen molar-refractivity contribution in [2.45, 2.75) is 56.2 Å². The molecule has 6 nitrogen and oxygen atoms in total. The highest BCUT2D eigenvalue weighted by Crippen LogP contribution is 2.32. The number of carbonyl (C=O) groups is 2. The number of aliphatic carboxylic acids is 1. The number of hydrogen-bond acceptors (Lipinski definition) is 3. The Morgan fingerprint density at radius 3 is 2.50 bits per heavy atom. The van der Waals surface area contributed by atoms with Crippen LogP contribution in [0.1, 0.15) is 38.5 Å². The first-order chi connectivity index (χ1) is 8.55. The number of ether oxygens (including phenoxy) is 1. The van der Waals surface area contributed by atoms with Gasteiger partial charge in [0.15, 0.2) is 0 Å². The molecule has 0 saturated heterocycles. The van der Waals surface area contributed by atoms with Crippen LogP contribution < -0.4 is 10.6 Å². The smallest absolute Gasteiger partial charge is 0.329 e. The molecule has 2 aliphatic rings. The van der Waals surface area contributed by atoms with Gasteiger partial charge in [-0.05, 0) is 38.5 Å². The number of carboxylic acids is 1.